The Labute approximate surface area is 113 Å². The minimum atomic E-state index is 1.03. The van der Waals surface area contributed by atoms with Crippen LogP contribution in [0.2, 0.25) is 0 Å². The standard InChI is InChI=1S/C16H19N3/c1-11-8-14-15(9-12(11)2)18-10-19-16(14)13-4-3-6-17-7-5-13/h4,8-10,17H,3,5-7H2,1-2H3. The van der Waals surface area contributed by atoms with Crippen molar-refractivity contribution in [2.45, 2.75) is 26.7 Å². The third-order valence-corrected chi connectivity index (χ3v) is 3.84. The van der Waals surface area contributed by atoms with Gasteiger partial charge in [0.25, 0.3) is 0 Å². The fourth-order valence-corrected chi connectivity index (χ4v) is 2.59. The molecule has 3 nitrogen and oxygen atoms in total. The molecule has 0 saturated heterocycles. The summed E-state index contributed by atoms with van der Waals surface area (Å²) in [7, 11) is 0. The van der Waals surface area contributed by atoms with E-state index in [0.29, 0.717) is 0 Å². The summed E-state index contributed by atoms with van der Waals surface area (Å²) in [4.78, 5) is 8.94. The molecule has 0 amide bonds. The number of benzene rings is 1. The number of rotatable bonds is 1. The van der Waals surface area contributed by atoms with E-state index in [2.05, 4.69) is 47.3 Å². The van der Waals surface area contributed by atoms with Crippen molar-refractivity contribution in [2.75, 3.05) is 13.1 Å². The molecule has 0 radical (unpaired) electrons. The van der Waals surface area contributed by atoms with Gasteiger partial charge in [0.1, 0.15) is 6.33 Å². The summed E-state index contributed by atoms with van der Waals surface area (Å²) < 4.78 is 0. The number of hydrogen-bond acceptors (Lipinski definition) is 3. The molecule has 0 saturated carbocycles. The second-order valence-electron chi connectivity index (χ2n) is 5.19. The molecule has 98 valence electrons. The predicted octanol–water partition coefficient (Wildman–Crippen LogP) is 3.01. The van der Waals surface area contributed by atoms with Crippen molar-refractivity contribution < 1.29 is 0 Å². The highest BCUT2D eigenvalue weighted by Gasteiger charge is 2.11. The second-order valence-corrected chi connectivity index (χ2v) is 5.19. The maximum atomic E-state index is 4.54. The number of aryl methyl sites for hydroxylation is 2. The molecule has 2 heterocycles. The smallest absolute Gasteiger partial charge is 0.116 e. The van der Waals surface area contributed by atoms with Gasteiger partial charge in [-0.25, -0.2) is 9.97 Å². The van der Waals surface area contributed by atoms with E-state index >= 15 is 0 Å². The van der Waals surface area contributed by atoms with Gasteiger partial charge in [-0.2, -0.15) is 0 Å². The van der Waals surface area contributed by atoms with Crippen LogP contribution in [0.3, 0.4) is 0 Å². The van der Waals surface area contributed by atoms with Crippen LogP contribution in [0.5, 0.6) is 0 Å². The first-order valence-corrected chi connectivity index (χ1v) is 6.88. The third kappa shape index (κ3) is 2.38. The Kier molecular flexibility index (Phi) is 3.30. The molecule has 0 bridgehead atoms. The van der Waals surface area contributed by atoms with Crippen molar-refractivity contribution >= 4 is 16.5 Å². The molecule has 1 aromatic carbocycles. The highest BCUT2D eigenvalue weighted by Crippen LogP contribution is 2.27. The molecular formula is C16H19N3. The Morgan fingerprint density at radius 1 is 1.05 bits per heavy atom. The summed E-state index contributed by atoms with van der Waals surface area (Å²) in [6.45, 7) is 6.37. The van der Waals surface area contributed by atoms with Gasteiger partial charge in [-0.3, -0.25) is 0 Å². The SMILES string of the molecule is Cc1cc2ncnc(C3=CCCNCC3)c2cc1C. The summed E-state index contributed by atoms with van der Waals surface area (Å²) in [5.74, 6) is 0. The number of fused-ring (bicyclic) bond motifs is 1. The fourth-order valence-electron chi connectivity index (χ4n) is 2.59. The number of nitrogens with zero attached hydrogens (tertiary/aromatic N) is 2. The summed E-state index contributed by atoms with van der Waals surface area (Å²) in [5, 5.41) is 4.60. The average Bonchev–Trinajstić information content (AvgIpc) is 2.68. The van der Waals surface area contributed by atoms with Crippen LogP contribution >= 0.6 is 0 Å². The van der Waals surface area contributed by atoms with Gasteiger partial charge in [-0.05, 0) is 68.6 Å². The lowest BCUT2D eigenvalue weighted by Crippen LogP contribution is -2.14. The Hall–Kier alpha value is -1.74. The van der Waals surface area contributed by atoms with Crippen LogP contribution in [-0.4, -0.2) is 23.1 Å². The molecule has 1 N–H and O–H groups in total. The van der Waals surface area contributed by atoms with E-state index in [1.165, 1.54) is 22.1 Å². The number of nitrogens with one attached hydrogen (secondary N) is 1. The lowest BCUT2D eigenvalue weighted by Gasteiger charge is -2.10. The molecule has 3 rings (SSSR count). The summed E-state index contributed by atoms with van der Waals surface area (Å²) in [5.41, 5.74) is 6.09. The minimum Gasteiger partial charge on any atom is -0.316 e. The zero-order chi connectivity index (χ0) is 13.2. The van der Waals surface area contributed by atoms with Crippen LogP contribution in [0.25, 0.3) is 16.5 Å². The summed E-state index contributed by atoms with van der Waals surface area (Å²) in [6.07, 6.45) is 6.12. The molecular weight excluding hydrogens is 234 g/mol. The first-order valence-electron chi connectivity index (χ1n) is 6.88. The van der Waals surface area contributed by atoms with E-state index in [1.807, 2.05) is 0 Å². The van der Waals surface area contributed by atoms with E-state index in [0.717, 1.165) is 37.1 Å². The molecule has 0 spiro atoms. The minimum absolute atomic E-state index is 1.03. The molecule has 0 fully saturated rings. The average molecular weight is 253 g/mol. The zero-order valence-electron chi connectivity index (χ0n) is 11.5. The van der Waals surface area contributed by atoms with Gasteiger partial charge < -0.3 is 5.32 Å². The molecule has 1 aromatic heterocycles. The summed E-state index contributed by atoms with van der Waals surface area (Å²) >= 11 is 0. The molecule has 2 aromatic rings. The highest BCUT2D eigenvalue weighted by atomic mass is 14.9. The molecule has 19 heavy (non-hydrogen) atoms. The molecule has 0 unspecified atom stereocenters. The van der Waals surface area contributed by atoms with Crippen LogP contribution in [0.1, 0.15) is 29.7 Å². The van der Waals surface area contributed by atoms with Crippen molar-refractivity contribution in [3.63, 3.8) is 0 Å². The van der Waals surface area contributed by atoms with E-state index in [1.54, 1.807) is 6.33 Å². The number of aromatic nitrogens is 2. The molecule has 1 aliphatic rings. The lowest BCUT2D eigenvalue weighted by atomic mass is 10.00. The van der Waals surface area contributed by atoms with Gasteiger partial charge in [0.2, 0.25) is 0 Å². The van der Waals surface area contributed by atoms with Crippen LogP contribution < -0.4 is 5.32 Å². The van der Waals surface area contributed by atoms with E-state index in [9.17, 15) is 0 Å². The van der Waals surface area contributed by atoms with Crippen LogP contribution in [0, 0.1) is 13.8 Å². The molecule has 0 atom stereocenters. The van der Waals surface area contributed by atoms with E-state index < -0.39 is 0 Å². The van der Waals surface area contributed by atoms with E-state index in [4.69, 9.17) is 0 Å². The monoisotopic (exact) mass is 253 g/mol. The maximum Gasteiger partial charge on any atom is 0.116 e. The van der Waals surface area contributed by atoms with Gasteiger partial charge in [0, 0.05) is 5.39 Å². The van der Waals surface area contributed by atoms with Crippen molar-refractivity contribution in [3.05, 3.63) is 41.4 Å². The van der Waals surface area contributed by atoms with Gasteiger partial charge in [-0.15, -0.1) is 0 Å². The topological polar surface area (TPSA) is 37.8 Å². The van der Waals surface area contributed by atoms with Crippen LogP contribution in [-0.2, 0) is 0 Å². The Bertz CT molecular complexity index is 644. The molecule has 3 heteroatoms. The Balaban J connectivity index is 2.17. The fraction of sp³-hybridized carbons (Fsp3) is 0.375. The van der Waals surface area contributed by atoms with Gasteiger partial charge >= 0.3 is 0 Å². The van der Waals surface area contributed by atoms with Crippen molar-refractivity contribution in [3.8, 4) is 0 Å². The van der Waals surface area contributed by atoms with Gasteiger partial charge in [0.05, 0.1) is 11.2 Å². The van der Waals surface area contributed by atoms with Crippen molar-refractivity contribution in [2.24, 2.45) is 0 Å². The van der Waals surface area contributed by atoms with Crippen molar-refractivity contribution in [1.82, 2.24) is 15.3 Å². The molecule has 1 aliphatic heterocycles. The third-order valence-electron chi connectivity index (χ3n) is 3.84. The first kappa shape index (κ1) is 12.3. The van der Waals surface area contributed by atoms with Crippen LogP contribution in [0.4, 0.5) is 0 Å². The van der Waals surface area contributed by atoms with Crippen molar-refractivity contribution in [1.29, 1.82) is 0 Å². The normalized spacial score (nSPS) is 16.2. The highest BCUT2D eigenvalue weighted by molar-refractivity contribution is 5.90. The lowest BCUT2D eigenvalue weighted by molar-refractivity contribution is 0.718. The summed E-state index contributed by atoms with van der Waals surface area (Å²) in [6, 6.07) is 4.38. The molecule has 0 aliphatic carbocycles. The Morgan fingerprint density at radius 2 is 1.89 bits per heavy atom. The van der Waals surface area contributed by atoms with Gasteiger partial charge in [-0.1, -0.05) is 6.08 Å². The Morgan fingerprint density at radius 3 is 2.79 bits per heavy atom. The first-order chi connectivity index (χ1) is 9.25. The maximum absolute atomic E-state index is 4.54. The van der Waals surface area contributed by atoms with Crippen LogP contribution in [0.15, 0.2) is 24.5 Å². The quantitative estimate of drug-likeness (QED) is 0.849. The largest absolute Gasteiger partial charge is 0.316 e. The zero-order valence-corrected chi connectivity index (χ0v) is 11.5. The van der Waals surface area contributed by atoms with E-state index in [-0.39, 0.29) is 0 Å². The predicted molar refractivity (Wildman–Crippen MR) is 79.1 cm³/mol. The van der Waals surface area contributed by atoms with Gasteiger partial charge in [0.15, 0.2) is 0 Å². The second kappa shape index (κ2) is 5.10. The number of hydrogen-bond donors (Lipinski definition) is 1.